The summed E-state index contributed by atoms with van der Waals surface area (Å²) in [5, 5.41) is 12.1. The van der Waals surface area contributed by atoms with Crippen LogP contribution in [0, 0.1) is 13.8 Å². The van der Waals surface area contributed by atoms with Gasteiger partial charge in [-0.3, -0.25) is 0 Å². The fraction of sp³-hybridized carbons (Fsp3) is 0.417. The van der Waals surface area contributed by atoms with Crippen LogP contribution in [0.1, 0.15) is 41.5 Å². The molecule has 2 aromatic rings. The monoisotopic (exact) mass is 477 g/mol. The summed E-state index contributed by atoms with van der Waals surface area (Å²) in [4.78, 5) is 0.208. The van der Waals surface area contributed by atoms with E-state index in [1.807, 2.05) is 32.0 Å². The highest BCUT2D eigenvalue weighted by Gasteiger charge is 2.66. The van der Waals surface area contributed by atoms with Crippen molar-refractivity contribution in [2.75, 3.05) is 13.1 Å². The van der Waals surface area contributed by atoms with Crippen molar-refractivity contribution < 1.29 is 13.5 Å². The molecule has 0 radical (unpaired) electrons. The Bertz CT molecular complexity index is 1210. The molecule has 1 N–H and O–H groups in total. The summed E-state index contributed by atoms with van der Waals surface area (Å²) < 4.78 is 28.5. The summed E-state index contributed by atoms with van der Waals surface area (Å²) in [6.07, 6.45) is 2.18. The van der Waals surface area contributed by atoms with Crippen molar-refractivity contribution >= 4 is 38.3 Å². The number of β-amino-alcohol motifs (C(OH)–C–C–N with tert-alkyl or cyclic N) is 1. The minimum Gasteiger partial charge on any atom is -0.386 e. The lowest BCUT2D eigenvalue weighted by molar-refractivity contribution is -0.0751. The van der Waals surface area contributed by atoms with Crippen LogP contribution in [0.5, 0.6) is 0 Å². The van der Waals surface area contributed by atoms with Crippen LogP contribution in [0.25, 0.3) is 5.03 Å². The number of piperidine rings is 1. The van der Waals surface area contributed by atoms with Gasteiger partial charge in [-0.15, -0.1) is 11.6 Å². The van der Waals surface area contributed by atoms with E-state index in [0.29, 0.717) is 17.9 Å². The quantitative estimate of drug-likeness (QED) is 0.635. The largest absolute Gasteiger partial charge is 0.386 e. The van der Waals surface area contributed by atoms with Gasteiger partial charge in [0.25, 0.3) is 0 Å². The fourth-order valence-electron chi connectivity index (χ4n) is 5.74. The minimum atomic E-state index is -3.83. The van der Waals surface area contributed by atoms with Gasteiger partial charge in [-0.05, 0) is 55.5 Å². The molecular weight excluding hydrogens is 453 g/mol. The van der Waals surface area contributed by atoms with Gasteiger partial charge in [-0.2, -0.15) is 4.31 Å². The maximum absolute atomic E-state index is 13.5. The van der Waals surface area contributed by atoms with E-state index in [-0.39, 0.29) is 18.0 Å². The molecule has 2 aliphatic carbocycles. The SMILES string of the molecule is Cc1ccc(S(=O)(=O)N2CC3=C(Cl)c4cc(C)ccc4[C@@]34CCC[C@@H](Cl)[C@@]4(O)C2)cc1. The predicted octanol–water partition coefficient (Wildman–Crippen LogP) is 4.73. The summed E-state index contributed by atoms with van der Waals surface area (Å²) in [6, 6.07) is 12.9. The van der Waals surface area contributed by atoms with Crippen molar-refractivity contribution in [1.82, 2.24) is 4.31 Å². The van der Waals surface area contributed by atoms with E-state index in [9.17, 15) is 13.5 Å². The molecule has 1 aliphatic heterocycles. The van der Waals surface area contributed by atoms with Crippen LogP contribution in [0.2, 0.25) is 0 Å². The maximum atomic E-state index is 13.5. The number of fused-ring (bicyclic) bond motifs is 1. The lowest BCUT2D eigenvalue weighted by Gasteiger charge is -2.57. The van der Waals surface area contributed by atoms with E-state index in [1.165, 1.54) is 4.31 Å². The van der Waals surface area contributed by atoms with Crippen LogP contribution in [0.4, 0.5) is 0 Å². The molecule has 1 spiro atoms. The number of nitrogens with zero attached hydrogens (tertiary/aromatic N) is 1. The molecule has 0 aromatic heterocycles. The molecule has 3 atom stereocenters. The Morgan fingerprint density at radius 1 is 1.10 bits per heavy atom. The second kappa shape index (κ2) is 7.06. The van der Waals surface area contributed by atoms with E-state index in [1.54, 1.807) is 24.3 Å². The lowest BCUT2D eigenvalue weighted by atomic mass is 9.56. The second-order valence-corrected chi connectivity index (χ2v) is 12.0. The van der Waals surface area contributed by atoms with Crippen LogP contribution in [-0.2, 0) is 15.4 Å². The van der Waals surface area contributed by atoms with Crippen molar-refractivity contribution in [3.63, 3.8) is 0 Å². The number of rotatable bonds is 2. The number of sulfonamides is 1. The second-order valence-electron chi connectivity index (χ2n) is 9.12. The van der Waals surface area contributed by atoms with Gasteiger partial charge >= 0.3 is 0 Å². The first-order valence-electron chi connectivity index (χ1n) is 10.6. The molecule has 5 rings (SSSR count). The Hall–Kier alpha value is -1.37. The minimum absolute atomic E-state index is 0.0572. The number of aliphatic hydroxyl groups is 1. The third kappa shape index (κ3) is 2.83. The summed E-state index contributed by atoms with van der Waals surface area (Å²) >= 11 is 13.7. The first-order chi connectivity index (χ1) is 14.6. The van der Waals surface area contributed by atoms with Gasteiger partial charge in [-0.25, -0.2) is 8.42 Å². The van der Waals surface area contributed by atoms with E-state index in [2.05, 4.69) is 0 Å². The third-order valence-electron chi connectivity index (χ3n) is 7.33. The van der Waals surface area contributed by atoms with Gasteiger partial charge in [0.1, 0.15) is 5.60 Å². The van der Waals surface area contributed by atoms with Gasteiger partial charge in [0.15, 0.2) is 0 Å². The summed E-state index contributed by atoms with van der Waals surface area (Å²) in [5.41, 5.74) is 2.48. The third-order valence-corrected chi connectivity index (χ3v) is 10.1. The average molecular weight is 478 g/mol. The summed E-state index contributed by atoms with van der Waals surface area (Å²) in [5.74, 6) is 0. The summed E-state index contributed by atoms with van der Waals surface area (Å²) in [7, 11) is -3.83. The first kappa shape index (κ1) is 21.5. The molecule has 2 aromatic carbocycles. The summed E-state index contributed by atoms with van der Waals surface area (Å²) in [6.45, 7) is 4.00. The molecule has 1 saturated carbocycles. The predicted molar refractivity (Wildman–Crippen MR) is 124 cm³/mol. The molecule has 2 fully saturated rings. The molecule has 4 nitrogen and oxygen atoms in total. The highest BCUT2D eigenvalue weighted by atomic mass is 35.5. The van der Waals surface area contributed by atoms with Crippen LogP contribution >= 0.6 is 23.2 Å². The average Bonchev–Trinajstić information content (AvgIpc) is 2.96. The molecule has 31 heavy (non-hydrogen) atoms. The molecule has 0 amide bonds. The number of hydrogen-bond acceptors (Lipinski definition) is 3. The zero-order valence-electron chi connectivity index (χ0n) is 17.5. The number of aryl methyl sites for hydroxylation is 2. The fourth-order valence-corrected chi connectivity index (χ4v) is 7.97. The van der Waals surface area contributed by atoms with Gasteiger partial charge in [-0.1, -0.05) is 59.5 Å². The molecular formula is C24H25Cl2NO3S. The zero-order chi connectivity index (χ0) is 22.2. The van der Waals surface area contributed by atoms with Crippen LogP contribution < -0.4 is 0 Å². The standard InChI is InChI=1S/C24H25Cl2NO3S/c1-15-5-8-17(9-6-15)31(29,30)27-13-20-22(26)18-12-16(2)7-10-19(18)23(20)11-3-4-21(25)24(23,28)14-27/h5-10,12,21,28H,3-4,11,13-14H2,1-2H3/t21-,23+,24+/m1/s1. The topological polar surface area (TPSA) is 57.6 Å². The van der Waals surface area contributed by atoms with Crippen molar-refractivity contribution in [2.24, 2.45) is 0 Å². The van der Waals surface area contributed by atoms with Crippen molar-refractivity contribution in [3.8, 4) is 0 Å². The smallest absolute Gasteiger partial charge is 0.243 e. The Kier molecular flexibility index (Phi) is 4.89. The van der Waals surface area contributed by atoms with E-state index >= 15 is 0 Å². The van der Waals surface area contributed by atoms with Crippen LogP contribution in [0.3, 0.4) is 0 Å². The van der Waals surface area contributed by atoms with Gasteiger partial charge in [0, 0.05) is 18.1 Å². The van der Waals surface area contributed by atoms with Crippen LogP contribution in [0.15, 0.2) is 52.9 Å². The number of alkyl halides is 1. The molecule has 0 unspecified atom stereocenters. The van der Waals surface area contributed by atoms with Crippen molar-refractivity contribution in [1.29, 1.82) is 0 Å². The number of hydrogen-bond donors (Lipinski definition) is 1. The van der Waals surface area contributed by atoms with Gasteiger partial charge in [0.05, 0.1) is 15.7 Å². The Balaban J connectivity index is 1.70. The molecule has 0 bridgehead atoms. The van der Waals surface area contributed by atoms with Gasteiger partial charge in [0.2, 0.25) is 10.0 Å². The molecule has 3 aliphatic rings. The number of halogens is 2. The lowest BCUT2D eigenvalue weighted by Crippen LogP contribution is -2.69. The van der Waals surface area contributed by atoms with E-state index in [4.69, 9.17) is 23.2 Å². The Morgan fingerprint density at radius 2 is 1.77 bits per heavy atom. The first-order valence-corrected chi connectivity index (χ1v) is 12.8. The number of benzene rings is 2. The highest BCUT2D eigenvalue weighted by molar-refractivity contribution is 7.89. The molecule has 164 valence electrons. The zero-order valence-corrected chi connectivity index (χ0v) is 19.9. The normalized spacial score (nSPS) is 30.7. The van der Waals surface area contributed by atoms with Gasteiger partial charge < -0.3 is 5.11 Å². The van der Waals surface area contributed by atoms with E-state index < -0.39 is 26.4 Å². The van der Waals surface area contributed by atoms with Crippen LogP contribution in [-0.4, -0.2) is 41.9 Å². The molecule has 1 heterocycles. The van der Waals surface area contributed by atoms with E-state index in [0.717, 1.165) is 34.2 Å². The van der Waals surface area contributed by atoms with Crippen molar-refractivity contribution in [2.45, 2.75) is 54.4 Å². The molecule has 1 saturated heterocycles. The molecule has 7 heteroatoms. The maximum Gasteiger partial charge on any atom is 0.243 e. The van der Waals surface area contributed by atoms with Crippen molar-refractivity contribution in [3.05, 3.63) is 70.3 Å². The highest BCUT2D eigenvalue weighted by Crippen LogP contribution is 2.62. The Morgan fingerprint density at radius 3 is 2.48 bits per heavy atom. The Labute approximate surface area is 193 Å².